The first-order chi connectivity index (χ1) is 6.08. The summed E-state index contributed by atoms with van der Waals surface area (Å²) < 4.78 is 27.9. The number of hydrogen-bond acceptors (Lipinski definition) is 3. The molecule has 0 aliphatic carbocycles. The van der Waals surface area contributed by atoms with Gasteiger partial charge in [-0.15, -0.1) is 0 Å². The van der Waals surface area contributed by atoms with Crippen LogP contribution in [0.25, 0.3) is 0 Å². The quantitative estimate of drug-likeness (QED) is 0.589. The second-order valence-electron chi connectivity index (χ2n) is 2.00. The van der Waals surface area contributed by atoms with Gasteiger partial charge >= 0.3 is 0 Å². The van der Waals surface area contributed by atoms with Gasteiger partial charge < -0.3 is 4.74 Å². The van der Waals surface area contributed by atoms with Crippen molar-refractivity contribution in [3.63, 3.8) is 0 Å². The van der Waals surface area contributed by atoms with Crippen LogP contribution in [0.4, 0.5) is 8.78 Å². The van der Waals surface area contributed by atoms with Crippen molar-refractivity contribution in [1.29, 1.82) is 0 Å². The lowest BCUT2D eigenvalue weighted by Crippen LogP contribution is -2.08. The summed E-state index contributed by atoms with van der Waals surface area (Å²) >= 11 is 10.9. The minimum atomic E-state index is -2.56. The lowest BCUT2D eigenvalue weighted by atomic mass is 10.6. The summed E-state index contributed by atoms with van der Waals surface area (Å²) in [7, 11) is 0. The largest absolute Gasteiger partial charge is 0.471 e. The van der Waals surface area contributed by atoms with Gasteiger partial charge in [0.15, 0.2) is 6.61 Å². The Balaban J connectivity index is 2.66. The molecule has 0 aliphatic rings. The smallest absolute Gasteiger partial charge is 0.272 e. The van der Waals surface area contributed by atoms with Gasteiger partial charge in [0.05, 0.1) is 0 Å². The van der Waals surface area contributed by atoms with Gasteiger partial charge in [-0.1, -0.05) is 11.6 Å². The zero-order chi connectivity index (χ0) is 9.84. The summed E-state index contributed by atoms with van der Waals surface area (Å²) in [4.78, 5) is 7.03. The molecule has 0 amide bonds. The van der Waals surface area contributed by atoms with Crippen molar-refractivity contribution in [3.05, 3.63) is 16.5 Å². The predicted octanol–water partition coefficient (Wildman–Crippen LogP) is 2.43. The van der Waals surface area contributed by atoms with Crippen molar-refractivity contribution >= 4 is 23.2 Å². The molecule has 72 valence electrons. The van der Waals surface area contributed by atoms with E-state index >= 15 is 0 Å². The predicted molar refractivity (Wildman–Crippen MR) is 43.6 cm³/mol. The second kappa shape index (κ2) is 4.53. The SMILES string of the molecule is FC(F)COc1cc(Cl)nc(Cl)n1. The van der Waals surface area contributed by atoms with Crippen LogP contribution in [-0.2, 0) is 0 Å². The molecule has 0 atom stereocenters. The minimum absolute atomic E-state index is 0.0456. The molecule has 1 aromatic heterocycles. The van der Waals surface area contributed by atoms with Crippen molar-refractivity contribution in [2.24, 2.45) is 0 Å². The van der Waals surface area contributed by atoms with Crippen molar-refractivity contribution in [1.82, 2.24) is 9.97 Å². The maximum Gasteiger partial charge on any atom is 0.272 e. The summed E-state index contributed by atoms with van der Waals surface area (Å²) in [6.07, 6.45) is -2.56. The monoisotopic (exact) mass is 228 g/mol. The fraction of sp³-hybridized carbons (Fsp3) is 0.333. The highest BCUT2D eigenvalue weighted by molar-refractivity contribution is 6.31. The standard InChI is InChI=1S/C6H4Cl2F2N2O/c7-3-1-5(12-6(8)11-3)13-2-4(9)10/h1,4H,2H2. The van der Waals surface area contributed by atoms with E-state index in [0.717, 1.165) is 0 Å². The fourth-order valence-corrected chi connectivity index (χ4v) is 0.984. The van der Waals surface area contributed by atoms with E-state index in [1.807, 2.05) is 0 Å². The Hall–Kier alpha value is -0.680. The Labute approximate surface area is 82.7 Å². The molecule has 0 radical (unpaired) electrons. The van der Waals surface area contributed by atoms with E-state index < -0.39 is 13.0 Å². The molecule has 1 rings (SSSR count). The maximum absolute atomic E-state index is 11.7. The normalized spacial score (nSPS) is 10.5. The third kappa shape index (κ3) is 3.69. The van der Waals surface area contributed by atoms with Crippen molar-refractivity contribution in [2.45, 2.75) is 6.43 Å². The lowest BCUT2D eigenvalue weighted by molar-refractivity contribution is 0.0795. The highest BCUT2D eigenvalue weighted by atomic mass is 35.5. The van der Waals surface area contributed by atoms with Gasteiger partial charge in [-0.3, -0.25) is 0 Å². The highest BCUT2D eigenvalue weighted by Crippen LogP contribution is 2.16. The van der Waals surface area contributed by atoms with Gasteiger partial charge in [0, 0.05) is 6.07 Å². The van der Waals surface area contributed by atoms with Crippen LogP contribution in [0.2, 0.25) is 10.4 Å². The molecule has 3 nitrogen and oxygen atoms in total. The number of rotatable bonds is 3. The number of ether oxygens (including phenoxy) is 1. The highest BCUT2D eigenvalue weighted by Gasteiger charge is 2.06. The topological polar surface area (TPSA) is 35.0 Å². The number of aromatic nitrogens is 2. The van der Waals surface area contributed by atoms with E-state index in [1.165, 1.54) is 6.07 Å². The Morgan fingerprint density at radius 1 is 1.38 bits per heavy atom. The van der Waals surface area contributed by atoms with E-state index in [2.05, 4.69) is 14.7 Å². The van der Waals surface area contributed by atoms with Crippen LogP contribution in [0.3, 0.4) is 0 Å². The molecule has 0 saturated carbocycles. The minimum Gasteiger partial charge on any atom is -0.471 e. The molecular formula is C6H4Cl2F2N2O. The molecule has 1 heterocycles. The van der Waals surface area contributed by atoms with Crippen LogP contribution in [-0.4, -0.2) is 23.0 Å². The van der Waals surface area contributed by atoms with Gasteiger partial charge in [0.1, 0.15) is 5.15 Å². The maximum atomic E-state index is 11.7. The summed E-state index contributed by atoms with van der Waals surface area (Å²) in [5.74, 6) is -0.0645. The summed E-state index contributed by atoms with van der Waals surface area (Å²) in [6, 6.07) is 1.20. The van der Waals surface area contributed by atoms with E-state index in [1.54, 1.807) is 0 Å². The Kier molecular flexibility index (Phi) is 3.62. The molecule has 1 aromatic rings. The molecule has 7 heteroatoms. The molecule has 0 spiro atoms. The van der Waals surface area contributed by atoms with Crippen LogP contribution in [0.5, 0.6) is 5.88 Å². The average molecular weight is 229 g/mol. The van der Waals surface area contributed by atoms with E-state index in [-0.39, 0.29) is 16.3 Å². The number of halogens is 4. The van der Waals surface area contributed by atoms with Crippen molar-refractivity contribution < 1.29 is 13.5 Å². The van der Waals surface area contributed by atoms with Crippen LogP contribution >= 0.6 is 23.2 Å². The molecule has 0 aromatic carbocycles. The molecule has 13 heavy (non-hydrogen) atoms. The molecule has 0 fully saturated rings. The van der Waals surface area contributed by atoms with Gasteiger partial charge in [0.2, 0.25) is 11.2 Å². The van der Waals surface area contributed by atoms with E-state index in [0.29, 0.717) is 0 Å². The third-order valence-corrected chi connectivity index (χ3v) is 1.36. The summed E-state index contributed by atoms with van der Waals surface area (Å²) in [5.41, 5.74) is 0. The number of alkyl halides is 2. The van der Waals surface area contributed by atoms with Gasteiger partial charge in [-0.25, -0.2) is 13.8 Å². The van der Waals surface area contributed by atoms with Crippen LogP contribution < -0.4 is 4.74 Å². The average Bonchev–Trinajstić information content (AvgIpc) is 1.99. The van der Waals surface area contributed by atoms with Crippen molar-refractivity contribution in [3.8, 4) is 5.88 Å². The van der Waals surface area contributed by atoms with Gasteiger partial charge in [-0.2, -0.15) is 4.98 Å². The molecule has 0 bridgehead atoms. The number of hydrogen-bond donors (Lipinski definition) is 0. The first-order valence-electron chi connectivity index (χ1n) is 3.19. The van der Waals surface area contributed by atoms with Crippen LogP contribution in [0.15, 0.2) is 6.07 Å². The molecule has 0 saturated heterocycles. The van der Waals surface area contributed by atoms with Crippen LogP contribution in [0, 0.1) is 0 Å². The third-order valence-electron chi connectivity index (χ3n) is 1.00. The second-order valence-corrected chi connectivity index (χ2v) is 2.73. The van der Waals surface area contributed by atoms with Gasteiger partial charge in [-0.05, 0) is 11.6 Å². The zero-order valence-electron chi connectivity index (χ0n) is 6.18. The first kappa shape index (κ1) is 10.4. The summed E-state index contributed by atoms with van der Waals surface area (Å²) in [5, 5.41) is -0.0963. The zero-order valence-corrected chi connectivity index (χ0v) is 7.69. The summed E-state index contributed by atoms with van der Waals surface area (Å²) in [6.45, 7) is -0.746. The van der Waals surface area contributed by atoms with E-state index in [4.69, 9.17) is 23.2 Å². The lowest BCUT2D eigenvalue weighted by Gasteiger charge is -2.03. The molecule has 0 unspecified atom stereocenters. The van der Waals surface area contributed by atoms with E-state index in [9.17, 15) is 8.78 Å². The van der Waals surface area contributed by atoms with Crippen molar-refractivity contribution in [2.75, 3.05) is 6.61 Å². The Bertz CT molecular complexity index is 278. The number of nitrogens with zero attached hydrogens (tertiary/aromatic N) is 2. The van der Waals surface area contributed by atoms with Crippen LogP contribution in [0.1, 0.15) is 0 Å². The molecular weight excluding hydrogens is 225 g/mol. The van der Waals surface area contributed by atoms with Gasteiger partial charge in [0.25, 0.3) is 6.43 Å². The first-order valence-corrected chi connectivity index (χ1v) is 3.94. The Morgan fingerprint density at radius 2 is 2.08 bits per heavy atom. The fourth-order valence-electron chi connectivity index (χ4n) is 0.593. The molecule has 0 aliphatic heterocycles. The Morgan fingerprint density at radius 3 is 2.62 bits per heavy atom. The molecule has 0 N–H and O–H groups in total.